The van der Waals surface area contributed by atoms with Crippen molar-refractivity contribution in [3.05, 3.63) is 108 Å². The van der Waals surface area contributed by atoms with Gasteiger partial charge in [-0.2, -0.15) is 16.1 Å². The minimum atomic E-state index is -4.10. The molecule has 43 heavy (non-hydrogen) atoms. The van der Waals surface area contributed by atoms with E-state index in [1.807, 2.05) is 54.6 Å². The quantitative estimate of drug-likeness (QED) is 0.248. The molecule has 0 bridgehead atoms. The minimum absolute atomic E-state index is 0.0573. The third-order valence-corrected chi connectivity index (χ3v) is 10.7. The number of carboxylic acid groups (broad SMARTS) is 1. The number of likely N-dealkylation sites (N-methyl/N-ethyl adjacent to an activating group) is 1. The number of sulfonamides is 1. The molecule has 1 N–H and O–H groups in total. The normalized spacial score (nSPS) is 17.1. The fourth-order valence-electron chi connectivity index (χ4n) is 5.17. The van der Waals surface area contributed by atoms with Crippen molar-refractivity contribution >= 4 is 44.6 Å². The smallest absolute Gasteiger partial charge is 0.426 e. The molecule has 5 rings (SSSR count). The molecule has 0 aliphatic carbocycles. The van der Waals surface area contributed by atoms with Crippen molar-refractivity contribution in [3.63, 3.8) is 0 Å². The molecule has 0 radical (unpaired) electrons. The topological polar surface area (TPSA) is 107 Å². The van der Waals surface area contributed by atoms with E-state index in [1.54, 1.807) is 61.3 Å². The Labute approximate surface area is 255 Å². The van der Waals surface area contributed by atoms with Gasteiger partial charge in [0.1, 0.15) is 11.8 Å². The predicted octanol–water partition coefficient (Wildman–Crippen LogP) is 5.47. The molecule has 224 valence electrons. The molecular weight excluding hydrogens is 587 g/mol. The van der Waals surface area contributed by atoms with E-state index in [-0.39, 0.29) is 29.7 Å². The van der Waals surface area contributed by atoms with E-state index < -0.39 is 28.1 Å². The van der Waals surface area contributed by atoms with Crippen LogP contribution in [0.1, 0.15) is 17.5 Å². The summed E-state index contributed by atoms with van der Waals surface area (Å²) in [6.45, 7) is 0.0597. The number of hydrazine groups is 1. The number of carbonyl (C=O) groups excluding carboxylic acids is 1. The van der Waals surface area contributed by atoms with Crippen LogP contribution < -0.4 is 4.74 Å². The van der Waals surface area contributed by atoms with Crippen LogP contribution in [0.25, 0.3) is 10.8 Å². The number of ether oxygens (including phenoxy) is 1. The zero-order chi connectivity index (χ0) is 30.6. The van der Waals surface area contributed by atoms with E-state index in [9.17, 15) is 23.1 Å². The number of fused-ring (bicyclic) bond motifs is 1. The summed E-state index contributed by atoms with van der Waals surface area (Å²) in [4.78, 5) is 26.3. The highest BCUT2D eigenvalue weighted by Gasteiger charge is 2.46. The number of hydrogen-bond acceptors (Lipinski definition) is 6. The van der Waals surface area contributed by atoms with Crippen LogP contribution in [-0.2, 0) is 27.1 Å². The fourth-order valence-corrected chi connectivity index (χ4v) is 8.15. The van der Waals surface area contributed by atoms with Gasteiger partial charge in [0.15, 0.2) is 0 Å². The van der Waals surface area contributed by atoms with E-state index in [0.29, 0.717) is 11.3 Å². The van der Waals surface area contributed by atoms with Crippen molar-refractivity contribution in [2.24, 2.45) is 0 Å². The lowest BCUT2D eigenvalue weighted by Gasteiger charge is -2.33. The summed E-state index contributed by atoms with van der Waals surface area (Å²) < 4.78 is 34.7. The summed E-state index contributed by atoms with van der Waals surface area (Å²) in [6.07, 6.45) is -1.07. The van der Waals surface area contributed by atoms with Gasteiger partial charge in [-0.1, -0.05) is 72.8 Å². The van der Waals surface area contributed by atoms with Crippen molar-refractivity contribution in [1.29, 1.82) is 0 Å². The Morgan fingerprint density at radius 3 is 2.28 bits per heavy atom. The minimum Gasteiger partial charge on any atom is -0.497 e. The molecule has 9 nitrogen and oxygen atoms in total. The standard InChI is InChI=1S/C32H33N3O6S2/c1-33(34(32(37)38)20-23-8-4-3-5-9-23)31(36)30-19-28(42-22-24-12-15-27(41-2)16-13-24)21-35(30)43(39,40)29-17-14-25-10-6-7-11-26(25)18-29/h3-18,28,30H,19-22H2,1-2H3,(H,37,38). The third kappa shape index (κ3) is 6.79. The van der Waals surface area contributed by atoms with Crippen LogP contribution in [0.5, 0.6) is 5.75 Å². The van der Waals surface area contributed by atoms with E-state index in [4.69, 9.17) is 4.74 Å². The van der Waals surface area contributed by atoms with Gasteiger partial charge >= 0.3 is 6.09 Å². The lowest BCUT2D eigenvalue weighted by molar-refractivity contribution is -0.147. The SMILES string of the molecule is COc1ccc(CSC2CC(C(=O)N(C)N(Cc3ccccc3)C(=O)O)N(S(=O)(=O)c3ccc4ccccc4c3)C2)cc1. The molecule has 2 atom stereocenters. The molecule has 2 amide bonds. The molecule has 1 aliphatic rings. The zero-order valence-electron chi connectivity index (χ0n) is 23.9. The molecule has 1 fully saturated rings. The van der Waals surface area contributed by atoms with E-state index in [0.717, 1.165) is 32.1 Å². The Hall–Kier alpha value is -4.06. The summed E-state index contributed by atoms with van der Waals surface area (Å²) in [6, 6.07) is 27.9. The fraction of sp³-hybridized carbons (Fsp3) is 0.250. The number of hydrogen-bond donors (Lipinski definition) is 1. The number of thioether (sulfide) groups is 1. The van der Waals surface area contributed by atoms with Crippen LogP contribution in [0.15, 0.2) is 102 Å². The van der Waals surface area contributed by atoms with Crippen molar-refractivity contribution < 1.29 is 27.9 Å². The number of rotatable bonds is 9. The first kappa shape index (κ1) is 30.4. The first-order chi connectivity index (χ1) is 20.7. The van der Waals surface area contributed by atoms with Crippen molar-refractivity contribution in [3.8, 4) is 5.75 Å². The van der Waals surface area contributed by atoms with Gasteiger partial charge in [-0.05, 0) is 52.6 Å². The van der Waals surface area contributed by atoms with Crippen LogP contribution in [0.2, 0.25) is 0 Å². The lowest BCUT2D eigenvalue weighted by Crippen LogP contribution is -2.53. The van der Waals surface area contributed by atoms with Crippen LogP contribution in [-0.4, -0.2) is 71.8 Å². The zero-order valence-corrected chi connectivity index (χ0v) is 25.5. The molecule has 0 spiro atoms. The Kier molecular flexibility index (Phi) is 9.24. The van der Waals surface area contributed by atoms with Gasteiger partial charge in [0, 0.05) is 24.6 Å². The second kappa shape index (κ2) is 13.1. The second-order valence-electron chi connectivity index (χ2n) is 10.3. The summed E-state index contributed by atoms with van der Waals surface area (Å²) >= 11 is 1.57. The Bertz CT molecular complexity index is 1700. The molecule has 4 aromatic carbocycles. The maximum atomic E-state index is 14.1. The number of nitrogens with zero attached hydrogens (tertiary/aromatic N) is 3. The Morgan fingerprint density at radius 2 is 1.60 bits per heavy atom. The predicted molar refractivity (Wildman–Crippen MR) is 167 cm³/mol. The summed E-state index contributed by atoms with van der Waals surface area (Å²) in [7, 11) is -1.12. The van der Waals surface area contributed by atoms with Crippen LogP contribution >= 0.6 is 11.8 Å². The van der Waals surface area contributed by atoms with Gasteiger partial charge in [0.25, 0.3) is 5.91 Å². The largest absolute Gasteiger partial charge is 0.497 e. The van der Waals surface area contributed by atoms with Gasteiger partial charge in [0.2, 0.25) is 10.0 Å². The van der Waals surface area contributed by atoms with Crippen LogP contribution in [0.3, 0.4) is 0 Å². The maximum absolute atomic E-state index is 14.1. The highest BCUT2D eigenvalue weighted by Crippen LogP contribution is 2.35. The van der Waals surface area contributed by atoms with E-state index >= 15 is 0 Å². The van der Waals surface area contributed by atoms with Crippen LogP contribution in [0, 0.1) is 0 Å². The first-order valence-electron chi connectivity index (χ1n) is 13.7. The lowest BCUT2D eigenvalue weighted by atomic mass is 10.1. The monoisotopic (exact) mass is 619 g/mol. The number of methoxy groups -OCH3 is 1. The van der Waals surface area contributed by atoms with Gasteiger partial charge < -0.3 is 9.84 Å². The maximum Gasteiger partial charge on any atom is 0.426 e. The van der Waals surface area contributed by atoms with Crippen molar-refractivity contribution in [2.75, 3.05) is 20.7 Å². The molecule has 0 aromatic heterocycles. The van der Waals surface area contributed by atoms with Gasteiger partial charge in [-0.15, -0.1) is 0 Å². The van der Waals surface area contributed by atoms with Gasteiger partial charge in [0.05, 0.1) is 18.6 Å². The van der Waals surface area contributed by atoms with Crippen molar-refractivity contribution in [1.82, 2.24) is 14.3 Å². The first-order valence-corrected chi connectivity index (χ1v) is 16.2. The molecule has 4 aromatic rings. The number of amides is 2. The molecule has 0 saturated carbocycles. The molecule has 2 unspecified atom stereocenters. The summed E-state index contributed by atoms with van der Waals surface area (Å²) in [5.74, 6) is 0.759. The average molecular weight is 620 g/mol. The molecular formula is C32H33N3O6S2. The Morgan fingerprint density at radius 1 is 0.930 bits per heavy atom. The van der Waals surface area contributed by atoms with Crippen molar-refractivity contribution in [2.45, 2.75) is 34.9 Å². The summed E-state index contributed by atoms with van der Waals surface area (Å²) in [5, 5.41) is 13.4. The molecule has 1 aliphatic heterocycles. The highest BCUT2D eigenvalue weighted by molar-refractivity contribution is 7.99. The highest BCUT2D eigenvalue weighted by atomic mass is 32.2. The molecule has 1 heterocycles. The average Bonchev–Trinajstić information content (AvgIpc) is 3.47. The molecule has 11 heteroatoms. The Balaban J connectivity index is 1.43. The number of benzene rings is 4. The van der Waals surface area contributed by atoms with E-state index in [2.05, 4.69) is 0 Å². The second-order valence-corrected chi connectivity index (χ2v) is 13.5. The number of carbonyl (C=O) groups is 2. The van der Waals surface area contributed by atoms with E-state index in [1.165, 1.54) is 11.4 Å². The van der Waals surface area contributed by atoms with Crippen LogP contribution in [0.4, 0.5) is 4.79 Å². The van der Waals surface area contributed by atoms with Gasteiger partial charge in [-0.3, -0.25) is 9.80 Å². The van der Waals surface area contributed by atoms with Gasteiger partial charge in [-0.25, -0.2) is 18.2 Å². The molecule has 1 saturated heterocycles. The third-order valence-electron chi connectivity index (χ3n) is 7.55. The summed E-state index contributed by atoms with van der Waals surface area (Å²) in [5.41, 5.74) is 1.74.